The number of hydrogen-bond donors (Lipinski definition) is 1. The summed E-state index contributed by atoms with van der Waals surface area (Å²) in [5.74, 6) is 1.69. The van der Waals surface area contributed by atoms with E-state index < -0.39 is 0 Å². The van der Waals surface area contributed by atoms with Crippen LogP contribution >= 0.6 is 0 Å². The Morgan fingerprint density at radius 1 is 1.17 bits per heavy atom. The van der Waals surface area contributed by atoms with E-state index in [1.54, 1.807) is 6.20 Å². The Kier molecular flexibility index (Phi) is 4.84. The number of carbonyl (C=O) groups excluding carboxylic acids is 1. The number of Topliss-reactive ketones (excluding diaryl/α,β-unsaturated/α-hetero) is 1. The van der Waals surface area contributed by atoms with Gasteiger partial charge in [0.2, 0.25) is 0 Å². The van der Waals surface area contributed by atoms with Crippen molar-refractivity contribution in [2.45, 2.75) is 70.4 Å². The molecule has 2 aromatic heterocycles. The molecule has 0 saturated heterocycles. The lowest BCUT2D eigenvalue weighted by Crippen LogP contribution is -2.45. The Labute approximate surface area is 177 Å². The second-order valence-corrected chi connectivity index (χ2v) is 9.62. The molecule has 30 heavy (non-hydrogen) atoms. The third kappa shape index (κ3) is 3.51. The zero-order chi connectivity index (χ0) is 20.7. The van der Waals surface area contributed by atoms with Gasteiger partial charge in [0, 0.05) is 24.0 Å². The van der Waals surface area contributed by atoms with Crippen molar-refractivity contribution in [2.75, 3.05) is 5.32 Å². The molecule has 1 N–H and O–H groups in total. The van der Waals surface area contributed by atoms with Crippen LogP contribution in [-0.4, -0.2) is 26.6 Å². The van der Waals surface area contributed by atoms with Gasteiger partial charge >= 0.3 is 0 Å². The first-order valence-corrected chi connectivity index (χ1v) is 11.2. The summed E-state index contributed by atoms with van der Waals surface area (Å²) in [6.07, 6.45) is 11.5. The average molecular weight is 403 g/mol. The van der Waals surface area contributed by atoms with Crippen LogP contribution in [0.15, 0.2) is 42.7 Å². The van der Waals surface area contributed by atoms with Crippen LogP contribution in [0.5, 0.6) is 0 Å². The molecule has 0 spiro atoms. The van der Waals surface area contributed by atoms with Crippen LogP contribution in [0.25, 0.3) is 10.9 Å². The van der Waals surface area contributed by atoms with Crippen LogP contribution in [0.3, 0.4) is 0 Å². The van der Waals surface area contributed by atoms with Crippen molar-refractivity contribution in [2.24, 2.45) is 5.92 Å². The summed E-state index contributed by atoms with van der Waals surface area (Å²) in [6.45, 7) is 4.48. The zero-order valence-electron chi connectivity index (χ0n) is 17.9. The van der Waals surface area contributed by atoms with Gasteiger partial charge in [0.05, 0.1) is 22.8 Å². The van der Waals surface area contributed by atoms with E-state index in [1.165, 1.54) is 32.1 Å². The summed E-state index contributed by atoms with van der Waals surface area (Å²) < 4.78 is 2.03. The molecule has 156 valence electrons. The van der Waals surface area contributed by atoms with Gasteiger partial charge in [-0.3, -0.25) is 9.78 Å². The van der Waals surface area contributed by atoms with E-state index in [0.29, 0.717) is 23.9 Å². The number of rotatable bonds is 4. The molecule has 1 aliphatic heterocycles. The number of para-hydroxylation sites is 1. The monoisotopic (exact) mass is 402 g/mol. The highest BCUT2D eigenvalue weighted by Crippen LogP contribution is 2.40. The fourth-order valence-corrected chi connectivity index (χ4v) is 5.32. The van der Waals surface area contributed by atoms with E-state index >= 15 is 0 Å². The Balaban J connectivity index is 1.41. The van der Waals surface area contributed by atoms with Gasteiger partial charge in [-0.15, -0.1) is 0 Å². The lowest BCUT2D eigenvalue weighted by molar-refractivity contribution is 0.0993. The number of nitrogens with one attached hydrogen (secondary N) is 1. The van der Waals surface area contributed by atoms with Gasteiger partial charge in [-0.05, 0) is 56.7 Å². The highest BCUT2D eigenvalue weighted by Gasteiger charge is 2.39. The largest absolute Gasteiger partial charge is 0.367 e. The lowest BCUT2D eigenvalue weighted by Gasteiger charge is -2.42. The van der Waals surface area contributed by atoms with Gasteiger partial charge in [0.15, 0.2) is 5.78 Å². The first-order valence-electron chi connectivity index (χ1n) is 11.2. The molecule has 5 rings (SSSR count). The molecule has 1 aliphatic carbocycles. The highest BCUT2D eigenvalue weighted by molar-refractivity contribution is 6.02. The fraction of sp³-hybridized carbons (Fsp3) is 0.480. The van der Waals surface area contributed by atoms with Crippen LogP contribution in [0.2, 0.25) is 0 Å². The van der Waals surface area contributed by atoms with Crippen molar-refractivity contribution in [3.05, 3.63) is 53.9 Å². The van der Waals surface area contributed by atoms with Crippen LogP contribution in [0.4, 0.5) is 5.82 Å². The topological polar surface area (TPSA) is 59.8 Å². The highest BCUT2D eigenvalue weighted by atomic mass is 16.1. The molecule has 3 aromatic rings. The van der Waals surface area contributed by atoms with Crippen molar-refractivity contribution >= 4 is 22.5 Å². The normalized spacial score (nSPS) is 21.2. The molecular weight excluding hydrogens is 372 g/mol. The molecule has 1 fully saturated rings. The van der Waals surface area contributed by atoms with Gasteiger partial charge in [-0.1, -0.05) is 37.5 Å². The average Bonchev–Trinajstić information content (AvgIpc) is 3.19. The van der Waals surface area contributed by atoms with Crippen molar-refractivity contribution in [1.82, 2.24) is 14.8 Å². The summed E-state index contributed by atoms with van der Waals surface area (Å²) >= 11 is 0. The first-order chi connectivity index (χ1) is 14.5. The number of nitrogens with zero attached hydrogens (tertiary/aromatic N) is 3. The molecule has 3 heterocycles. The van der Waals surface area contributed by atoms with Crippen LogP contribution < -0.4 is 5.32 Å². The van der Waals surface area contributed by atoms with E-state index in [2.05, 4.69) is 35.3 Å². The number of fused-ring (bicyclic) bond motifs is 2. The van der Waals surface area contributed by atoms with Crippen molar-refractivity contribution < 1.29 is 4.79 Å². The second kappa shape index (κ2) is 7.53. The summed E-state index contributed by atoms with van der Waals surface area (Å²) in [4.78, 5) is 17.8. The summed E-state index contributed by atoms with van der Waals surface area (Å²) in [7, 11) is 0. The molecule has 0 radical (unpaired) electrons. The quantitative estimate of drug-likeness (QED) is 0.597. The third-order valence-electron chi connectivity index (χ3n) is 6.92. The van der Waals surface area contributed by atoms with E-state index in [4.69, 9.17) is 0 Å². The molecule has 1 atom stereocenters. The first kappa shape index (κ1) is 19.3. The number of anilines is 1. The predicted molar refractivity (Wildman–Crippen MR) is 120 cm³/mol. The number of ketones is 1. The molecule has 0 bridgehead atoms. The van der Waals surface area contributed by atoms with Crippen LogP contribution in [0, 0.1) is 5.92 Å². The van der Waals surface area contributed by atoms with E-state index in [9.17, 15) is 4.79 Å². The number of hydrogen-bond acceptors (Lipinski definition) is 4. The summed E-state index contributed by atoms with van der Waals surface area (Å²) in [5, 5.41) is 9.42. The Morgan fingerprint density at radius 2 is 1.97 bits per heavy atom. The number of carbonyl (C=O) groups is 1. The summed E-state index contributed by atoms with van der Waals surface area (Å²) in [5.41, 5.74) is 2.51. The molecule has 5 nitrogen and oxygen atoms in total. The van der Waals surface area contributed by atoms with Crippen molar-refractivity contribution in [3.63, 3.8) is 0 Å². The van der Waals surface area contributed by atoms with Gasteiger partial charge in [-0.2, -0.15) is 5.10 Å². The van der Waals surface area contributed by atoms with E-state index in [1.807, 2.05) is 35.1 Å². The maximum atomic E-state index is 13.3. The molecule has 1 aromatic carbocycles. The van der Waals surface area contributed by atoms with Gasteiger partial charge < -0.3 is 5.32 Å². The smallest absolute Gasteiger partial charge is 0.172 e. The van der Waals surface area contributed by atoms with Crippen LogP contribution in [0.1, 0.15) is 68.3 Å². The fourth-order valence-electron chi connectivity index (χ4n) is 5.32. The predicted octanol–water partition coefficient (Wildman–Crippen LogP) is 5.36. The molecule has 5 heteroatoms. The minimum absolute atomic E-state index is 0.0915. The van der Waals surface area contributed by atoms with Gasteiger partial charge in [-0.25, -0.2) is 4.68 Å². The number of pyridine rings is 1. The Morgan fingerprint density at radius 3 is 2.80 bits per heavy atom. The minimum Gasteiger partial charge on any atom is -0.367 e. The third-order valence-corrected chi connectivity index (χ3v) is 6.92. The zero-order valence-corrected chi connectivity index (χ0v) is 17.9. The number of benzene rings is 1. The van der Waals surface area contributed by atoms with E-state index in [-0.39, 0.29) is 11.3 Å². The summed E-state index contributed by atoms with van der Waals surface area (Å²) in [6, 6.07) is 10.5. The Bertz CT molecular complexity index is 1080. The Hall–Kier alpha value is -2.69. The molecular formula is C25H30N4O. The maximum absolute atomic E-state index is 13.3. The molecule has 0 amide bonds. The van der Waals surface area contributed by atoms with Gasteiger partial charge in [0.1, 0.15) is 5.82 Å². The SMILES string of the molecule is CC1(C)CC(C2CCCCC2)Nc2c(C(=O)Cc3cnc4ccccc4c3)cnn21. The molecule has 1 saturated carbocycles. The standard InChI is InChI=1S/C25H30N4O/c1-25(2)14-22(18-8-4-3-5-9-18)28-24-20(16-27-29(24)25)23(30)13-17-12-19-10-6-7-11-21(19)26-15-17/h6-7,10-12,15-16,18,22,28H,3-5,8-9,13-14H2,1-2H3. The minimum atomic E-state index is -0.0915. The molecule has 1 unspecified atom stereocenters. The lowest BCUT2D eigenvalue weighted by atomic mass is 9.78. The maximum Gasteiger partial charge on any atom is 0.172 e. The van der Waals surface area contributed by atoms with E-state index in [0.717, 1.165) is 28.7 Å². The van der Waals surface area contributed by atoms with Crippen molar-refractivity contribution in [3.8, 4) is 0 Å². The number of aromatic nitrogens is 3. The molecule has 2 aliphatic rings. The second-order valence-electron chi connectivity index (χ2n) is 9.62. The van der Waals surface area contributed by atoms with Crippen LogP contribution in [-0.2, 0) is 12.0 Å². The van der Waals surface area contributed by atoms with Gasteiger partial charge in [0.25, 0.3) is 0 Å². The van der Waals surface area contributed by atoms with Crippen molar-refractivity contribution in [1.29, 1.82) is 0 Å².